The van der Waals surface area contributed by atoms with Gasteiger partial charge in [-0.25, -0.2) is 4.98 Å². The Morgan fingerprint density at radius 3 is 3.00 bits per heavy atom. The third-order valence-electron chi connectivity index (χ3n) is 4.71. The topological polar surface area (TPSA) is 112 Å². The fourth-order valence-electron chi connectivity index (χ4n) is 3.53. The maximum atomic E-state index is 12.5. The monoisotopic (exact) mass is 343 g/mol. The van der Waals surface area contributed by atoms with E-state index in [1.807, 2.05) is 6.07 Å². The highest BCUT2D eigenvalue weighted by molar-refractivity contribution is 6.00. The molecular weight excluding hydrogens is 322 g/mol. The molecule has 2 unspecified atom stereocenters. The minimum atomic E-state index is -0.187. The van der Waals surface area contributed by atoms with E-state index in [1.165, 1.54) is 6.20 Å². The lowest BCUT2D eigenvalue weighted by Crippen LogP contribution is -2.47. The molecule has 2 aliphatic heterocycles. The molecule has 9 heteroatoms. The molecule has 2 amide bonds. The van der Waals surface area contributed by atoms with Crippen molar-refractivity contribution in [3.8, 4) is 0 Å². The quantitative estimate of drug-likeness (QED) is 0.594. The lowest BCUT2D eigenvalue weighted by atomic mass is 9.95. The summed E-state index contributed by atoms with van der Waals surface area (Å²) in [5.41, 5.74) is 0.930. The summed E-state index contributed by atoms with van der Waals surface area (Å²) in [6.45, 7) is 0.555. The van der Waals surface area contributed by atoms with Crippen molar-refractivity contribution in [2.45, 2.75) is 37.8 Å². The molecule has 1 fully saturated rings. The third kappa shape index (κ3) is 2.97. The fraction of sp³-hybridized carbons (Fsp3) is 0.500. The molecule has 2 aliphatic rings. The van der Waals surface area contributed by atoms with E-state index in [1.54, 1.807) is 11.6 Å². The van der Waals surface area contributed by atoms with E-state index in [4.69, 9.17) is 0 Å². The van der Waals surface area contributed by atoms with Gasteiger partial charge in [0.2, 0.25) is 5.91 Å². The molecule has 25 heavy (non-hydrogen) atoms. The van der Waals surface area contributed by atoms with Gasteiger partial charge in [0.25, 0.3) is 5.91 Å². The Labute approximate surface area is 144 Å². The van der Waals surface area contributed by atoms with Crippen LogP contribution in [-0.4, -0.2) is 52.1 Å². The van der Waals surface area contributed by atoms with Crippen LogP contribution in [0, 0.1) is 0 Å². The van der Waals surface area contributed by atoms with Gasteiger partial charge in [-0.3, -0.25) is 9.59 Å². The molecule has 4 bridgehead atoms. The summed E-state index contributed by atoms with van der Waals surface area (Å²) in [4.78, 5) is 29.0. The Hall–Kier alpha value is -2.84. The fourth-order valence-corrected chi connectivity index (χ4v) is 3.53. The Morgan fingerprint density at radius 1 is 1.28 bits per heavy atom. The van der Waals surface area contributed by atoms with Gasteiger partial charge in [-0.1, -0.05) is 0 Å². The summed E-state index contributed by atoms with van der Waals surface area (Å²) in [5.74, 6) is 1.21. The van der Waals surface area contributed by atoms with E-state index < -0.39 is 0 Å². The number of anilines is 2. The summed E-state index contributed by atoms with van der Waals surface area (Å²) >= 11 is 0. The Bertz CT molecular complexity index is 831. The highest BCUT2D eigenvalue weighted by atomic mass is 16.2. The second-order valence-electron chi connectivity index (χ2n) is 6.51. The summed E-state index contributed by atoms with van der Waals surface area (Å²) in [5, 5.41) is 16.6. The van der Waals surface area contributed by atoms with E-state index in [0.29, 0.717) is 30.0 Å². The lowest BCUT2D eigenvalue weighted by Gasteiger charge is -2.30. The van der Waals surface area contributed by atoms with Gasteiger partial charge in [0.15, 0.2) is 5.65 Å². The molecule has 9 nitrogen and oxygen atoms in total. The van der Waals surface area contributed by atoms with E-state index in [2.05, 4.69) is 31.3 Å². The van der Waals surface area contributed by atoms with Gasteiger partial charge >= 0.3 is 0 Å². The van der Waals surface area contributed by atoms with Crippen LogP contribution in [0.1, 0.15) is 36.0 Å². The molecule has 2 aromatic heterocycles. The van der Waals surface area contributed by atoms with Crippen LogP contribution >= 0.6 is 0 Å². The minimum Gasteiger partial charge on any atom is -0.373 e. The molecule has 4 heterocycles. The first-order valence-electron chi connectivity index (χ1n) is 8.54. The van der Waals surface area contributed by atoms with Crippen LogP contribution < -0.4 is 21.3 Å². The van der Waals surface area contributed by atoms with Crippen LogP contribution in [0.4, 0.5) is 11.6 Å². The number of nitrogens with one attached hydrogen (secondary N) is 4. The van der Waals surface area contributed by atoms with Crippen molar-refractivity contribution in [1.82, 2.24) is 25.2 Å². The number of carbonyl (C=O) groups excluding carboxylic acids is 2. The molecule has 2 aromatic rings. The van der Waals surface area contributed by atoms with Crippen molar-refractivity contribution in [3.63, 3.8) is 0 Å². The number of nitrogens with zero attached hydrogens (tertiary/aromatic N) is 3. The maximum absolute atomic E-state index is 12.5. The molecule has 1 saturated heterocycles. The number of fused-ring (bicyclic) bond motifs is 3. The number of carbonyl (C=O) groups is 2. The maximum Gasteiger partial charge on any atom is 0.256 e. The first-order valence-corrected chi connectivity index (χ1v) is 8.54. The molecule has 0 aromatic carbocycles. The number of piperidine rings is 1. The van der Waals surface area contributed by atoms with Crippen molar-refractivity contribution in [2.24, 2.45) is 0 Å². The zero-order valence-corrected chi connectivity index (χ0v) is 14.0. The van der Waals surface area contributed by atoms with Gasteiger partial charge in [0.05, 0.1) is 6.20 Å². The lowest BCUT2D eigenvalue weighted by molar-refractivity contribution is -0.123. The molecule has 2 atom stereocenters. The molecule has 4 rings (SSSR count). The third-order valence-corrected chi connectivity index (χ3v) is 4.71. The first-order chi connectivity index (χ1) is 12.1. The van der Waals surface area contributed by atoms with Crippen LogP contribution in [0.15, 0.2) is 12.3 Å². The van der Waals surface area contributed by atoms with Crippen LogP contribution in [0.5, 0.6) is 0 Å². The van der Waals surface area contributed by atoms with Crippen molar-refractivity contribution in [2.75, 3.05) is 24.2 Å². The summed E-state index contributed by atoms with van der Waals surface area (Å²) < 4.78 is 1.61. The molecule has 4 N–H and O–H groups in total. The van der Waals surface area contributed by atoms with Crippen molar-refractivity contribution in [3.05, 3.63) is 17.8 Å². The Kier molecular flexibility index (Phi) is 3.90. The summed E-state index contributed by atoms with van der Waals surface area (Å²) in [6.07, 6.45) is 4.43. The predicted molar refractivity (Wildman–Crippen MR) is 92.7 cm³/mol. The van der Waals surface area contributed by atoms with Gasteiger partial charge < -0.3 is 21.3 Å². The zero-order valence-electron chi connectivity index (χ0n) is 14.0. The molecule has 0 spiro atoms. The Balaban J connectivity index is 1.77. The molecular formula is C16H21N7O2. The van der Waals surface area contributed by atoms with E-state index in [-0.39, 0.29) is 23.9 Å². The number of hydrogen-bond acceptors (Lipinski definition) is 6. The standard InChI is InChI=1S/C16H21N7O2/c1-17-13-7-12-20-10-5-9(21-14(24)6-10)3-2-4-18-16(25)11-8-19-23(13)15(11)22-12/h7-10,17H,2-6H2,1H3,(H,18,25)(H,20,22)(H,21,24). The van der Waals surface area contributed by atoms with Gasteiger partial charge in [0, 0.05) is 38.2 Å². The number of rotatable bonds is 1. The summed E-state index contributed by atoms with van der Waals surface area (Å²) in [6, 6.07) is 1.98. The number of hydrogen-bond donors (Lipinski definition) is 4. The van der Waals surface area contributed by atoms with Gasteiger partial charge in [-0.05, 0) is 19.3 Å². The summed E-state index contributed by atoms with van der Waals surface area (Å²) in [7, 11) is 1.79. The second kappa shape index (κ2) is 6.23. The van der Waals surface area contributed by atoms with Crippen LogP contribution in [0.3, 0.4) is 0 Å². The van der Waals surface area contributed by atoms with Crippen molar-refractivity contribution >= 4 is 29.1 Å². The Morgan fingerprint density at radius 2 is 2.16 bits per heavy atom. The largest absolute Gasteiger partial charge is 0.373 e. The highest BCUT2D eigenvalue weighted by Crippen LogP contribution is 2.23. The molecule has 132 valence electrons. The number of aromatic nitrogens is 3. The van der Waals surface area contributed by atoms with E-state index >= 15 is 0 Å². The first kappa shape index (κ1) is 15.7. The zero-order chi connectivity index (χ0) is 17.4. The van der Waals surface area contributed by atoms with Crippen molar-refractivity contribution < 1.29 is 9.59 Å². The van der Waals surface area contributed by atoms with Crippen molar-refractivity contribution in [1.29, 1.82) is 0 Å². The molecule has 0 radical (unpaired) electrons. The minimum absolute atomic E-state index is 0.0224. The van der Waals surface area contributed by atoms with Crippen LogP contribution in [0.2, 0.25) is 0 Å². The van der Waals surface area contributed by atoms with Gasteiger partial charge in [-0.15, -0.1) is 0 Å². The second-order valence-corrected chi connectivity index (χ2v) is 6.51. The smallest absolute Gasteiger partial charge is 0.256 e. The van der Waals surface area contributed by atoms with Gasteiger partial charge in [0.1, 0.15) is 17.2 Å². The average molecular weight is 343 g/mol. The van der Waals surface area contributed by atoms with Crippen LogP contribution in [-0.2, 0) is 4.79 Å². The normalized spacial score (nSPS) is 23.7. The molecule has 0 saturated carbocycles. The predicted octanol–water partition coefficient (Wildman–Crippen LogP) is 0.354. The van der Waals surface area contributed by atoms with E-state index in [9.17, 15) is 9.59 Å². The average Bonchev–Trinajstić information content (AvgIpc) is 3.00. The highest BCUT2D eigenvalue weighted by Gasteiger charge is 2.27. The van der Waals surface area contributed by atoms with Gasteiger partial charge in [-0.2, -0.15) is 9.61 Å². The number of amides is 2. The van der Waals surface area contributed by atoms with E-state index in [0.717, 1.165) is 25.1 Å². The SMILES string of the molecule is CNc1cc2nc3c(cnn13)C(=O)NCCCC1CC(CC(=O)N1)N2. The molecule has 0 aliphatic carbocycles. The van der Waals surface area contributed by atoms with Crippen LogP contribution in [0.25, 0.3) is 5.65 Å².